The summed E-state index contributed by atoms with van der Waals surface area (Å²) in [5.41, 5.74) is 1.55. The van der Waals surface area contributed by atoms with Gasteiger partial charge in [0.25, 0.3) is 5.91 Å². The lowest BCUT2D eigenvalue weighted by molar-refractivity contribution is 0.0953. The molecule has 0 fully saturated rings. The van der Waals surface area contributed by atoms with E-state index in [1.165, 1.54) is 11.8 Å². The molecule has 1 heterocycles. The Labute approximate surface area is 199 Å². The van der Waals surface area contributed by atoms with Gasteiger partial charge in [-0.1, -0.05) is 41.9 Å². The summed E-state index contributed by atoms with van der Waals surface area (Å²) in [7, 11) is 0. The summed E-state index contributed by atoms with van der Waals surface area (Å²) in [4.78, 5) is 14.8. The van der Waals surface area contributed by atoms with Crippen LogP contribution in [0.15, 0.2) is 88.7 Å². The monoisotopic (exact) mass is 481 g/mol. The molecule has 162 valence electrons. The topological polar surface area (TPSA) is 72.7 Å². The first-order valence-corrected chi connectivity index (χ1v) is 12.3. The number of hydrogen-bond acceptors (Lipinski definition) is 6. The number of aromatic nitrogens is 4. The minimum atomic E-state index is -0.0903. The molecule has 32 heavy (non-hydrogen) atoms. The van der Waals surface area contributed by atoms with Crippen LogP contribution in [-0.4, -0.2) is 38.4 Å². The second kappa shape index (κ2) is 11.2. The molecule has 6 nitrogen and oxygen atoms in total. The number of hydrogen-bond donors (Lipinski definition) is 1. The summed E-state index contributed by atoms with van der Waals surface area (Å²) < 4.78 is 1.71. The van der Waals surface area contributed by atoms with Crippen molar-refractivity contribution in [1.82, 2.24) is 25.5 Å². The molecule has 0 aliphatic heterocycles. The number of para-hydroxylation sites is 1. The van der Waals surface area contributed by atoms with E-state index in [0.717, 1.165) is 32.1 Å². The SMILES string of the molecule is O=C(NCCSc1ccc(Cl)cc1)c1ccccc1SCc1nnnn1-c1ccccc1. The lowest BCUT2D eigenvalue weighted by Crippen LogP contribution is -2.26. The lowest BCUT2D eigenvalue weighted by Gasteiger charge is -2.10. The van der Waals surface area contributed by atoms with Gasteiger partial charge in [0.05, 0.1) is 17.0 Å². The van der Waals surface area contributed by atoms with Crippen molar-refractivity contribution in [2.24, 2.45) is 0 Å². The van der Waals surface area contributed by atoms with Gasteiger partial charge in [-0.3, -0.25) is 4.79 Å². The third-order valence-corrected chi connectivity index (χ3v) is 6.83. The second-order valence-corrected chi connectivity index (χ2v) is 9.31. The Hall–Kier alpha value is -2.81. The Morgan fingerprint density at radius 1 is 0.938 bits per heavy atom. The number of tetrazole rings is 1. The highest BCUT2D eigenvalue weighted by Crippen LogP contribution is 2.26. The zero-order chi connectivity index (χ0) is 22.2. The van der Waals surface area contributed by atoms with Gasteiger partial charge in [0.15, 0.2) is 5.82 Å². The molecule has 0 saturated heterocycles. The maximum absolute atomic E-state index is 12.8. The molecular weight excluding hydrogens is 462 g/mol. The minimum Gasteiger partial charge on any atom is -0.351 e. The molecule has 1 aromatic heterocycles. The first-order valence-electron chi connectivity index (χ1n) is 9.92. The quantitative estimate of drug-likeness (QED) is 0.264. The van der Waals surface area contributed by atoms with E-state index < -0.39 is 0 Å². The smallest absolute Gasteiger partial charge is 0.252 e. The number of halogens is 1. The highest BCUT2D eigenvalue weighted by atomic mass is 35.5. The molecule has 0 radical (unpaired) electrons. The molecular formula is C23H20ClN5OS2. The first kappa shape index (κ1) is 22.4. The second-order valence-electron chi connectivity index (χ2n) is 6.69. The Kier molecular flexibility index (Phi) is 7.82. The third kappa shape index (κ3) is 5.91. The van der Waals surface area contributed by atoms with Gasteiger partial charge in [0.2, 0.25) is 0 Å². The Morgan fingerprint density at radius 3 is 2.50 bits per heavy atom. The van der Waals surface area contributed by atoms with Crippen molar-refractivity contribution in [1.29, 1.82) is 0 Å². The number of thioether (sulfide) groups is 2. The third-order valence-electron chi connectivity index (χ3n) is 4.49. The van der Waals surface area contributed by atoms with Gasteiger partial charge in [-0.15, -0.1) is 28.6 Å². The standard InChI is InChI=1S/C23H20ClN5OS2/c24-17-10-12-19(13-11-17)31-15-14-25-23(30)20-8-4-5-9-21(20)32-16-22-26-27-28-29(22)18-6-2-1-3-7-18/h1-13H,14-16H2,(H,25,30). The summed E-state index contributed by atoms with van der Waals surface area (Å²) >= 11 is 9.13. The molecule has 0 saturated carbocycles. The highest BCUT2D eigenvalue weighted by molar-refractivity contribution is 7.99. The fraction of sp³-hybridized carbons (Fsp3) is 0.130. The van der Waals surface area contributed by atoms with Crippen LogP contribution in [0.2, 0.25) is 5.02 Å². The van der Waals surface area contributed by atoms with Crippen molar-refractivity contribution < 1.29 is 4.79 Å². The van der Waals surface area contributed by atoms with E-state index >= 15 is 0 Å². The molecule has 1 N–H and O–H groups in total. The first-order chi connectivity index (χ1) is 15.7. The largest absolute Gasteiger partial charge is 0.351 e. The van der Waals surface area contributed by atoms with Gasteiger partial charge >= 0.3 is 0 Å². The molecule has 3 aromatic carbocycles. The molecule has 0 aliphatic rings. The van der Waals surface area contributed by atoms with Gasteiger partial charge in [0.1, 0.15) is 0 Å². The molecule has 9 heteroatoms. The Balaban J connectivity index is 1.34. The molecule has 0 bridgehead atoms. The maximum atomic E-state index is 12.8. The van der Waals surface area contributed by atoms with Crippen LogP contribution in [-0.2, 0) is 5.75 Å². The van der Waals surface area contributed by atoms with Crippen molar-refractivity contribution >= 4 is 41.0 Å². The van der Waals surface area contributed by atoms with Gasteiger partial charge in [-0.05, 0) is 59.0 Å². The van der Waals surface area contributed by atoms with Crippen molar-refractivity contribution in [2.75, 3.05) is 12.3 Å². The normalized spacial score (nSPS) is 10.8. The minimum absolute atomic E-state index is 0.0903. The molecule has 0 unspecified atom stereocenters. The van der Waals surface area contributed by atoms with E-state index in [4.69, 9.17) is 11.6 Å². The van der Waals surface area contributed by atoms with Crippen molar-refractivity contribution in [3.63, 3.8) is 0 Å². The molecule has 1 amide bonds. The van der Waals surface area contributed by atoms with E-state index in [1.54, 1.807) is 16.4 Å². The fourth-order valence-electron chi connectivity index (χ4n) is 2.95. The summed E-state index contributed by atoms with van der Waals surface area (Å²) in [5, 5.41) is 15.8. The molecule has 4 aromatic rings. The van der Waals surface area contributed by atoms with Gasteiger partial charge in [-0.25, -0.2) is 0 Å². The number of carbonyl (C=O) groups is 1. The van der Waals surface area contributed by atoms with E-state index in [1.807, 2.05) is 78.9 Å². The van der Waals surface area contributed by atoms with Crippen LogP contribution < -0.4 is 5.32 Å². The van der Waals surface area contributed by atoms with E-state index in [0.29, 0.717) is 17.9 Å². The van der Waals surface area contributed by atoms with Crippen LogP contribution in [0.4, 0.5) is 0 Å². The van der Waals surface area contributed by atoms with Gasteiger partial charge < -0.3 is 5.32 Å². The number of benzene rings is 3. The average molecular weight is 482 g/mol. The van der Waals surface area contributed by atoms with Crippen LogP contribution in [0.5, 0.6) is 0 Å². The average Bonchev–Trinajstić information content (AvgIpc) is 3.31. The number of rotatable bonds is 9. The maximum Gasteiger partial charge on any atom is 0.252 e. The summed E-state index contributed by atoms with van der Waals surface area (Å²) in [6.45, 7) is 0.567. The number of nitrogens with one attached hydrogen (secondary N) is 1. The van der Waals surface area contributed by atoms with Crippen molar-refractivity contribution in [3.8, 4) is 5.69 Å². The van der Waals surface area contributed by atoms with E-state index in [-0.39, 0.29) is 5.91 Å². The molecule has 0 atom stereocenters. The van der Waals surface area contributed by atoms with Crippen LogP contribution in [0.3, 0.4) is 0 Å². The lowest BCUT2D eigenvalue weighted by atomic mass is 10.2. The zero-order valence-electron chi connectivity index (χ0n) is 17.0. The number of nitrogens with zero attached hydrogens (tertiary/aromatic N) is 4. The number of amides is 1. The number of carbonyl (C=O) groups excluding carboxylic acids is 1. The van der Waals surface area contributed by atoms with Gasteiger partial charge in [-0.2, -0.15) is 4.68 Å². The Bertz CT molecular complexity index is 1170. The predicted molar refractivity (Wildman–Crippen MR) is 130 cm³/mol. The highest BCUT2D eigenvalue weighted by Gasteiger charge is 2.14. The summed E-state index contributed by atoms with van der Waals surface area (Å²) in [6.07, 6.45) is 0. The predicted octanol–water partition coefficient (Wildman–Crippen LogP) is 5.13. The Morgan fingerprint density at radius 2 is 1.69 bits per heavy atom. The van der Waals surface area contributed by atoms with Crippen molar-refractivity contribution in [3.05, 3.63) is 95.3 Å². The van der Waals surface area contributed by atoms with Crippen LogP contribution in [0.25, 0.3) is 5.69 Å². The summed E-state index contributed by atoms with van der Waals surface area (Å²) in [5.74, 6) is 1.94. The van der Waals surface area contributed by atoms with Crippen molar-refractivity contribution in [2.45, 2.75) is 15.5 Å². The van der Waals surface area contributed by atoms with Crippen LogP contribution >= 0.6 is 35.1 Å². The fourth-order valence-corrected chi connectivity index (χ4v) is 4.80. The molecule has 0 aliphatic carbocycles. The van der Waals surface area contributed by atoms with E-state index in [9.17, 15) is 4.79 Å². The van der Waals surface area contributed by atoms with Gasteiger partial charge in [0, 0.05) is 27.1 Å². The molecule has 4 rings (SSSR count). The molecule has 0 spiro atoms. The van der Waals surface area contributed by atoms with Crippen LogP contribution in [0.1, 0.15) is 16.2 Å². The zero-order valence-corrected chi connectivity index (χ0v) is 19.4. The van der Waals surface area contributed by atoms with E-state index in [2.05, 4.69) is 20.8 Å². The summed E-state index contributed by atoms with van der Waals surface area (Å²) in [6, 6.07) is 25.0. The van der Waals surface area contributed by atoms with Crippen LogP contribution in [0, 0.1) is 0 Å².